The molecule has 1 aliphatic heterocycles. The molecule has 190 valence electrons. The van der Waals surface area contributed by atoms with Gasteiger partial charge in [-0.1, -0.05) is 6.92 Å². The molecule has 0 amide bonds. The molecule has 1 saturated carbocycles. The first-order valence-electron chi connectivity index (χ1n) is 11.7. The predicted octanol–water partition coefficient (Wildman–Crippen LogP) is 1.04. The summed E-state index contributed by atoms with van der Waals surface area (Å²) in [5.74, 6) is -3.13. The largest absolute Gasteiger partial charge is 0.504 e. The maximum atomic E-state index is 13.7. The van der Waals surface area contributed by atoms with Gasteiger partial charge in [0.2, 0.25) is 5.78 Å². The molecular formula is C25H31NO9. The highest BCUT2D eigenvalue weighted by atomic mass is 16.6. The van der Waals surface area contributed by atoms with Gasteiger partial charge in [0.05, 0.1) is 24.2 Å². The molecule has 0 bridgehead atoms. The lowest BCUT2D eigenvalue weighted by Crippen LogP contribution is -2.57. The molecule has 0 aromatic carbocycles. The summed E-state index contributed by atoms with van der Waals surface area (Å²) in [5.41, 5.74) is -1.53. The van der Waals surface area contributed by atoms with Gasteiger partial charge < -0.3 is 29.7 Å². The second-order valence-electron chi connectivity index (χ2n) is 9.90. The highest BCUT2D eigenvalue weighted by Gasteiger charge is 2.64. The zero-order valence-electron chi connectivity index (χ0n) is 20.3. The van der Waals surface area contributed by atoms with Crippen molar-refractivity contribution in [1.29, 1.82) is 0 Å². The smallest absolute Gasteiger partial charge is 0.340 e. The van der Waals surface area contributed by atoms with Crippen LogP contribution in [0.5, 0.6) is 0 Å². The number of methoxy groups -OCH3 is 1. The number of hydrogen-bond donors (Lipinski definition) is 3. The van der Waals surface area contributed by atoms with Crippen LogP contribution in [-0.4, -0.2) is 72.8 Å². The third kappa shape index (κ3) is 3.61. The van der Waals surface area contributed by atoms with E-state index in [-0.39, 0.29) is 55.1 Å². The molecule has 35 heavy (non-hydrogen) atoms. The van der Waals surface area contributed by atoms with Crippen molar-refractivity contribution in [2.75, 3.05) is 26.9 Å². The second-order valence-corrected chi connectivity index (χ2v) is 9.90. The van der Waals surface area contributed by atoms with Crippen LogP contribution >= 0.6 is 0 Å². The number of carbonyl (C=O) groups is 4. The van der Waals surface area contributed by atoms with Gasteiger partial charge >= 0.3 is 11.9 Å². The number of esters is 2. The molecule has 1 heterocycles. The lowest BCUT2D eigenvalue weighted by atomic mass is 9.53. The van der Waals surface area contributed by atoms with Crippen LogP contribution < -0.4 is 5.32 Å². The van der Waals surface area contributed by atoms with Crippen LogP contribution in [0.4, 0.5) is 0 Å². The number of cyclic esters (lactones) is 1. The summed E-state index contributed by atoms with van der Waals surface area (Å²) in [6.45, 7) is 4.64. The van der Waals surface area contributed by atoms with Crippen LogP contribution in [0, 0.1) is 16.7 Å². The Labute approximate surface area is 203 Å². The molecule has 0 spiro atoms. The average Bonchev–Trinajstić information content (AvgIpc) is 3.08. The molecule has 4 aliphatic rings. The zero-order valence-corrected chi connectivity index (χ0v) is 20.3. The van der Waals surface area contributed by atoms with Gasteiger partial charge in [0.25, 0.3) is 0 Å². The number of aliphatic hydroxyl groups excluding tert-OH is 2. The third-order valence-corrected chi connectivity index (χ3v) is 7.92. The van der Waals surface area contributed by atoms with Crippen molar-refractivity contribution in [3.63, 3.8) is 0 Å². The quantitative estimate of drug-likeness (QED) is 0.281. The van der Waals surface area contributed by atoms with E-state index in [2.05, 4.69) is 5.32 Å². The highest BCUT2D eigenvalue weighted by molar-refractivity contribution is 6.14. The molecule has 10 heteroatoms. The predicted molar refractivity (Wildman–Crippen MR) is 121 cm³/mol. The van der Waals surface area contributed by atoms with E-state index >= 15 is 0 Å². The van der Waals surface area contributed by atoms with Gasteiger partial charge in [-0.15, -0.1) is 0 Å². The maximum absolute atomic E-state index is 13.7. The van der Waals surface area contributed by atoms with Gasteiger partial charge in [-0.3, -0.25) is 14.4 Å². The maximum Gasteiger partial charge on any atom is 0.340 e. The summed E-state index contributed by atoms with van der Waals surface area (Å²) in [5, 5.41) is 23.2. The Morgan fingerprint density at radius 3 is 2.63 bits per heavy atom. The lowest BCUT2D eigenvalue weighted by Gasteiger charge is -2.53. The molecule has 5 atom stereocenters. The first kappa shape index (κ1) is 25.1. The number of fused-ring (bicyclic) bond motifs is 4. The van der Waals surface area contributed by atoms with Crippen molar-refractivity contribution in [2.45, 2.75) is 52.2 Å². The number of ether oxygens (including phenoxy) is 3. The van der Waals surface area contributed by atoms with Crippen LogP contribution in [0.2, 0.25) is 0 Å². The topological polar surface area (TPSA) is 148 Å². The standard InChI is InChI=1S/C25H31NO9/c1-12(28)34-15-9-24(2)14(5-6-16(24)29)18-20(15)25(3)17(11-33-4)35-23(32)13(10-26-7-8-27)19(25)22(31)21(18)30/h10,14-15,17,26-27,31H,5-9,11H2,1-4H3/b13-10-/t14-,15+,17+,24-,25-/m0/s1. The summed E-state index contributed by atoms with van der Waals surface area (Å²) in [4.78, 5) is 51.8. The number of ketones is 2. The minimum atomic E-state index is -1.28. The summed E-state index contributed by atoms with van der Waals surface area (Å²) in [7, 11) is 1.44. The second kappa shape index (κ2) is 8.91. The Morgan fingerprint density at radius 1 is 1.29 bits per heavy atom. The van der Waals surface area contributed by atoms with Crippen molar-refractivity contribution in [3.8, 4) is 0 Å². The first-order chi connectivity index (χ1) is 16.5. The number of Topliss-reactive ketones (excluding diaryl/α,β-unsaturated/α-hetero) is 2. The molecule has 3 N–H and O–H groups in total. The fourth-order valence-corrected chi connectivity index (χ4v) is 6.33. The molecule has 2 fully saturated rings. The van der Waals surface area contributed by atoms with E-state index < -0.39 is 52.4 Å². The van der Waals surface area contributed by atoms with Crippen molar-refractivity contribution in [1.82, 2.24) is 5.32 Å². The number of allylic oxidation sites excluding steroid dienone is 1. The lowest BCUT2D eigenvalue weighted by molar-refractivity contribution is -0.160. The fraction of sp³-hybridized carbons (Fsp3) is 0.600. The van der Waals surface area contributed by atoms with Crippen LogP contribution in [0.25, 0.3) is 0 Å². The number of aliphatic hydroxyl groups is 2. The van der Waals surface area contributed by atoms with Crippen molar-refractivity contribution in [3.05, 3.63) is 34.3 Å². The average molecular weight is 490 g/mol. The van der Waals surface area contributed by atoms with E-state index in [1.165, 1.54) is 20.2 Å². The van der Waals surface area contributed by atoms with E-state index in [1.54, 1.807) is 13.8 Å². The monoisotopic (exact) mass is 489 g/mol. The van der Waals surface area contributed by atoms with Crippen molar-refractivity contribution >= 4 is 23.5 Å². The summed E-state index contributed by atoms with van der Waals surface area (Å²) >= 11 is 0. The Hall–Kier alpha value is -2.98. The normalized spacial score (nSPS) is 35.5. The van der Waals surface area contributed by atoms with Crippen LogP contribution in [0.15, 0.2) is 34.3 Å². The summed E-state index contributed by atoms with van der Waals surface area (Å²) < 4.78 is 16.8. The molecule has 4 rings (SSSR count). The van der Waals surface area contributed by atoms with Crippen LogP contribution in [0.3, 0.4) is 0 Å². The van der Waals surface area contributed by atoms with Gasteiger partial charge in [-0.25, -0.2) is 4.79 Å². The number of nitrogens with one attached hydrogen (secondary N) is 1. The minimum Gasteiger partial charge on any atom is -0.504 e. The summed E-state index contributed by atoms with van der Waals surface area (Å²) in [6.07, 6.45) is 0.313. The first-order valence-corrected chi connectivity index (χ1v) is 11.7. The van der Waals surface area contributed by atoms with Crippen molar-refractivity contribution in [2.24, 2.45) is 16.7 Å². The van der Waals surface area contributed by atoms with Crippen molar-refractivity contribution < 1.29 is 43.6 Å². The van der Waals surface area contributed by atoms with E-state index in [1.807, 2.05) is 0 Å². The minimum absolute atomic E-state index is 0.0178. The molecular weight excluding hydrogens is 458 g/mol. The highest BCUT2D eigenvalue weighted by Crippen LogP contribution is 2.62. The zero-order chi connectivity index (χ0) is 25.7. The Morgan fingerprint density at radius 2 is 2.00 bits per heavy atom. The van der Waals surface area contributed by atoms with Gasteiger partial charge in [-0.2, -0.15) is 0 Å². The fourth-order valence-electron chi connectivity index (χ4n) is 6.33. The number of carbonyl (C=O) groups excluding carboxylic acids is 4. The van der Waals surface area contributed by atoms with E-state index in [4.69, 9.17) is 19.3 Å². The molecule has 0 aromatic heterocycles. The van der Waals surface area contributed by atoms with E-state index in [9.17, 15) is 24.3 Å². The molecule has 1 saturated heterocycles. The Bertz CT molecular complexity index is 1090. The van der Waals surface area contributed by atoms with Gasteiger partial charge in [-0.05, 0) is 18.9 Å². The molecule has 0 unspecified atom stereocenters. The van der Waals surface area contributed by atoms with Gasteiger partial charge in [0.15, 0.2) is 5.76 Å². The van der Waals surface area contributed by atoms with Gasteiger partial charge in [0.1, 0.15) is 18.0 Å². The Kier molecular flexibility index (Phi) is 6.39. The third-order valence-electron chi connectivity index (χ3n) is 7.92. The summed E-state index contributed by atoms with van der Waals surface area (Å²) in [6, 6.07) is 0. The molecule has 3 aliphatic carbocycles. The number of rotatable bonds is 6. The Balaban J connectivity index is 2.00. The molecule has 10 nitrogen and oxygen atoms in total. The molecule has 0 aromatic rings. The molecule has 0 radical (unpaired) electrons. The van der Waals surface area contributed by atoms with E-state index in [0.29, 0.717) is 12.0 Å². The SMILES string of the molecule is COC[C@H]1OC(=O)/C(=C\NCCO)C2=C(O)C(=O)C3=C([C@H](OC(C)=O)C[C@]4(C)C(=O)CC[C@@H]34)[C@]21C. The number of hydrogen-bond acceptors (Lipinski definition) is 10. The van der Waals surface area contributed by atoms with Gasteiger partial charge in [0, 0.05) is 62.1 Å². The van der Waals surface area contributed by atoms with E-state index in [0.717, 1.165) is 0 Å². The van der Waals surface area contributed by atoms with Crippen LogP contribution in [-0.2, 0) is 33.4 Å². The van der Waals surface area contributed by atoms with Crippen LogP contribution in [0.1, 0.15) is 40.0 Å².